The highest BCUT2D eigenvalue weighted by molar-refractivity contribution is 5.97. The van der Waals surface area contributed by atoms with Crippen molar-refractivity contribution in [1.82, 2.24) is 19.0 Å². The molecule has 3 aromatic rings. The SMILES string of the molecule is COc1cc(=O)n(-c2ccccn2)cc1C(=O)N1CC(Oc2cc(C)n(C)c(=O)c2)C1. The minimum absolute atomic E-state index is 0.149. The summed E-state index contributed by atoms with van der Waals surface area (Å²) in [6, 6.07) is 9.69. The van der Waals surface area contributed by atoms with Crippen molar-refractivity contribution in [2.75, 3.05) is 20.2 Å². The minimum Gasteiger partial charge on any atom is -0.496 e. The highest BCUT2D eigenvalue weighted by Crippen LogP contribution is 2.24. The van der Waals surface area contributed by atoms with Crippen LogP contribution in [0.15, 0.2) is 58.4 Å². The first kappa shape index (κ1) is 20.4. The molecule has 0 bridgehead atoms. The molecule has 4 rings (SSSR count). The van der Waals surface area contributed by atoms with Gasteiger partial charge in [-0.15, -0.1) is 0 Å². The second kappa shape index (κ2) is 8.10. The van der Waals surface area contributed by atoms with Crippen molar-refractivity contribution in [3.63, 3.8) is 0 Å². The van der Waals surface area contributed by atoms with E-state index < -0.39 is 0 Å². The predicted molar refractivity (Wildman–Crippen MR) is 113 cm³/mol. The molecule has 0 unspecified atom stereocenters. The zero-order valence-corrected chi connectivity index (χ0v) is 17.4. The van der Waals surface area contributed by atoms with E-state index >= 15 is 0 Å². The first-order valence-electron chi connectivity index (χ1n) is 9.73. The molecule has 1 aliphatic rings. The fourth-order valence-corrected chi connectivity index (χ4v) is 3.37. The average molecular weight is 422 g/mol. The molecule has 9 nitrogen and oxygen atoms in total. The Kier molecular flexibility index (Phi) is 5.33. The first-order chi connectivity index (χ1) is 14.9. The lowest BCUT2D eigenvalue weighted by atomic mass is 10.1. The van der Waals surface area contributed by atoms with Gasteiger partial charge in [0.05, 0.1) is 25.8 Å². The number of hydrogen-bond acceptors (Lipinski definition) is 6. The number of pyridine rings is 3. The highest BCUT2D eigenvalue weighted by atomic mass is 16.5. The minimum atomic E-state index is -0.349. The molecule has 0 spiro atoms. The molecule has 1 amide bonds. The van der Waals surface area contributed by atoms with Crippen LogP contribution in [0.2, 0.25) is 0 Å². The van der Waals surface area contributed by atoms with Gasteiger partial charge in [-0.25, -0.2) is 4.98 Å². The fourth-order valence-electron chi connectivity index (χ4n) is 3.37. The summed E-state index contributed by atoms with van der Waals surface area (Å²) in [5.74, 6) is 0.823. The third-order valence-electron chi connectivity index (χ3n) is 5.28. The van der Waals surface area contributed by atoms with E-state index in [1.807, 2.05) is 6.92 Å². The van der Waals surface area contributed by atoms with Gasteiger partial charge in [-0.2, -0.15) is 0 Å². The van der Waals surface area contributed by atoms with Gasteiger partial charge in [-0.3, -0.25) is 19.0 Å². The Morgan fingerprint density at radius 1 is 1.13 bits per heavy atom. The number of aryl methyl sites for hydroxylation is 1. The number of ether oxygens (including phenoxy) is 2. The van der Waals surface area contributed by atoms with Gasteiger partial charge in [0.25, 0.3) is 17.0 Å². The van der Waals surface area contributed by atoms with E-state index in [0.717, 1.165) is 5.69 Å². The number of rotatable bonds is 5. The van der Waals surface area contributed by atoms with Crippen molar-refractivity contribution in [3.8, 4) is 17.3 Å². The van der Waals surface area contributed by atoms with Crippen LogP contribution in [0.5, 0.6) is 11.5 Å². The Labute approximate surface area is 178 Å². The zero-order chi connectivity index (χ0) is 22.1. The first-order valence-corrected chi connectivity index (χ1v) is 9.73. The van der Waals surface area contributed by atoms with E-state index in [9.17, 15) is 14.4 Å². The number of amides is 1. The van der Waals surface area contributed by atoms with Crippen molar-refractivity contribution in [3.05, 3.63) is 80.8 Å². The Morgan fingerprint density at radius 3 is 2.55 bits per heavy atom. The summed E-state index contributed by atoms with van der Waals surface area (Å²) < 4.78 is 14.0. The van der Waals surface area contributed by atoms with Gasteiger partial charge in [0.1, 0.15) is 23.4 Å². The zero-order valence-electron chi connectivity index (χ0n) is 17.4. The smallest absolute Gasteiger partial charge is 0.260 e. The molecule has 0 N–H and O–H groups in total. The maximum Gasteiger partial charge on any atom is 0.260 e. The molecule has 4 heterocycles. The lowest BCUT2D eigenvalue weighted by molar-refractivity contribution is 0.0174. The second-order valence-electron chi connectivity index (χ2n) is 7.33. The standard InChI is InChI=1S/C22H22N4O5/c1-14-8-15(9-20(27)24(14)2)31-16-11-25(12-16)22(29)17-13-26(19-6-4-5-7-23-19)21(28)10-18(17)30-3/h4-10,13,16H,11-12H2,1-3H3. The maximum atomic E-state index is 13.1. The molecule has 0 atom stereocenters. The predicted octanol–water partition coefficient (Wildman–Crippen LogP) is 1.15. The van der Waals surface area contributed by atoms with Gasteiger partial charge >= 0.3 is 0 Å². The van der Waals surface area contributed by atoms with Crippen LogP contribution in [0, 0.1) is 6.92 Å². The topological polar surface area (TPSA) is 95.7 Å². The van der Waals surface area contributed by atoms with Gasteiger partial charge < -0.3 is 18.9 Å². The summed E-state index contributed by atoms with van der Waals surface area (Å²) in [5, 5.41) is 0. The fraction of sp³-hybridized carbons (Fsp3) is 0.273. The number of carbonyl (C=O) groups excluding carboxylic acids is 1. The van der Waals surface area contributed by atoms with Crippen LogP contribution in [0.3, 0.4) is 0 Å². The molecule has 0 saturated carbocycles. The molecule has 31 heavy (non-hydrogen) atoms. The van der Waals surface area contributed by atoms with Crippen molar-refractivity contribution in [2.24, 2.45) is 7.05 Å². The number of likely N-dealkylation sites (tertiary alicyclic amines) is 1. The van der Waals surface area contributed by atoms with Gasteiger partial charge in [-0.1, -0.05) is 6.07 Å². The molecule has 0 aromatic carbocycles. The van der Waals surface area contributed by atoms with E-state index in [0.29, 0.717) is 24.7 Å². The molecule has 0 aliphatic carbocycles. The maximum absolute atomic E-state index is 13.1. The van der Waals surface area contributed by atoms with E-state index in [1.165, 1.54) is 34.6 Å². The third-order valence-corrected chi connectivity index (χ3v) is 5.28. The summed E-state index contributed by atoms with van der Waals surface area (Å²) in [6.07, 6.45) is 2.80. The molecular weight excluding hydrogens is 400 g/mol. The molecule has 1 saturated heterocycles. The van der Waals surface area contributed by atoms with Crippen LogP contribution in [-0.4, -0.2) is 51.2 Å². The summed E-state index contributed by atoms with van der Waals surface area (Å²) >= 11 is 0. The largest absolute Gasteiger partial charge is 0.496 e. The molecule has 9 heteroatoms. The Balaban J connectivity index is 1.52. The van der Waals surface area contributed by atoms with Crippen LogP contribution < -0.4 is 20.6 Å². The molecule has 1 fully saturated rings. The van der Waals surface area contributed by atoms with Gasteiger partial charge in [0.2, 0.25) is 0 Å². The number of aromatic nitrogens is 3. The number of methoxy groups -OCH3 is 1. The molecule has 3 aromatic heterocycles. The number of carbonyl (C=O) groups is 1. The van der Waals surface area contributed by atoms with Crippen LogP contribution >= 0.6 is 0 Å². The van der Waals surface area contributed by atoms with Crippen molar-refractivity contribution >= 4 is 5.91 Å². The second-order valence-corrected chi connectivity index (χ2v) is 7.33. The molecular formula is C22H22N4O5. The lowest BCUT2D eigenvalue weighted by Gasteiger charge is -2.39. The molecule has 0 radical (unpaired) electrons. The number of hydrogen-bond donors (Lipinski definition) is 0. The molecule has 1 aliphatic heterocycles. The normalized spacial score (nSPS) is 13.6. The molecule has 160 valence electrons. The van der Waals surface area contributed by atoms with E-state index in [2.05, 4.69) is 4.98 Å². The van der Waals surface area contributed by atoms with Gasteiger partial charge in [0.15, 0.2) is 0 Å². The van der Waals surface area contributed by atoms with E-state index in [4.69, 9.17) is 9.47 Å². The van der Waals surface area contributed by atoms with Crippen molar-refractivity contribution < 1.29 is 14.3 Å². The van der Waals surface area contributed by atoms with Crippen molar-refractivity contribution in [1.29, 1.82) is 0 Å². The number of nitrogens with zero attached hydrogens (tertiary/aromatic N) is 4. The van der Waals surface area contributed by atoms with E-state index in [1.54, 1.807) is 42.4 Å². The third kappa shape index (κ3) is 3.94. The highest BCUT2D eigenvalue weighted by Gasteiger charge is 2.34. The van der Waals surface area contributed by atoms with Crippen LogP contribution in [0.1, 0.15) is 16.1 Å². The summed E-state index contributed by atoms with van der Waals surface area (Å²) in [4.78, 5) is 43.2. The summed E-state index contributed by atoms with van der Waals surface area (Å²) in [5.41, 5.74) is 0.550. The van der Waals surface area contributed by atoms with Crippen LogP contribution in [0.25, 0.3) is 5.82 Å². The van der Waals surface area contributed by atoms with Crippen LogP contribution in [-0.2, 0) is 7.05 Å². The monoisotopic (exact) mass is 422 g/mol. The lowest BCUT2D eigenvalue weighted by Crippen LogP contribution is -2.56. The van der Waals surface area contributed by atoms with Crippen LogP contribution in [0.4, 0.5) is 0 Å². The van der Waals surface area contributed by atoms with E-state index in [-0.39, 0.29) is 34.4 Å². The Morgan fingerprint density at radius 2 is 1.90 bits per heavy atom. The summed E-state index contributed by atoms with van der Waals surface area (Å²) in [7, 11) is 3.11. The average Bonchev–Trinajstić information content (AvgIpc) is 2.74. The van der Waals surface area contributed by atoms with Gasteiger partial charge in [-0.05, 0) is 25.1 Å². The summed E-state index contributed by atoms with van der Waals surface area (Å²) in [6.45, 7) is 2.55. The Bertz CT molecular complexity index is 1240. The Hall–Kier alpha value is -3.88. The quantitative estimate of drug-likeness (QED) is 0.612. The van der Waals surface area contributed by atoms with Crippen molar-refractivity contribution in [2.45, 2.75) is 13.0 Å². The van der Waals surface area contributed by atoms with Gasteiger partial charge in [0, 0.05) is 37.3 Å².